The van der Waals surface area contributed by atoms with Gasteiger partial charge < -0.3 is 10.6 Å². The van der Waals surface area contributed by atoms with Gasteiger partial charge in [0.1, 0.15) is 0 Å². The minimum atomic E-state index is -0.0425. The molecule has 0 radical (unpaired) electrons. The molecule has 0 aromatic carbocycles. The quantitative estimate of drug-likeness (QED) is 0.714. The summed E-state index contributed by atoms with van der Waals surface area (Å²) >= 11 is 0. The summed E-state index contributed by atoms with van der Waals surface area (Å²) in [5.74, 6) is 0.432. The Bertz CT molecular complexity index is 547. The predicted octanol–water partition coefficient (Wildman–Crippen LogP) is 1.59. The van der Waals surface area contributed by atoms with Crippen LogP contribution in [-0.2, 0) is 22.6 Å². The number of aromatic nitrogens is 2. The Balaban J connectivity index is 2.48. The molecule has 0 atom stereocenters. The van der Waals surface area contributed by atoms with E-state index in [1.807, 2.05) is 32.4 Å². The number of amides is 2. The predicted molar refractivity (Wildman–Crippen MR) is 91.1 cm³/mol. The van der Waals surface area contributed by atoms with Gasteiger partial charge in [0.15, 0.2) is 0 Å². The molecular formula is C17H30N4O2. The van der Waals surface area contributed by atoms with Crippen LogP contribution in [0.5, 0.6) is 0 Å². The molecule has 0 aliphatic rings. The van der Waals surface area contributed by atoms with Crippen molar-refractivity contribution in [2.45, 2.75) is 54.5 Å². The molecule has 0 bridgehead atoms. The van der Waals surface area contributed by atoms with Gasteiger partial charge in [0.2, 0.25) is 11.8 Å². The summed E-state index contributed by atoms with van der Waals surface area (Å²) in [4.78, 5) is 23.5. The Labute approximate surface area is 139 Å². The van der Waals surface area contributed by atoms with E-state index in [4.69, 9.17) is 0 Å². The van der Waals surface area contributed by atoms with Gasteiger partial charge in [-0.1, -0.05) is 27.7 Å². The standard InChI is InChI=1S/C17H30N4O2/c1-11(2)10-21-14(6)15(13(5)20-21)9-16(22)18-7-8-19-17(23)12(3)4/h11-12H,7-10H2,1-6H3,(H,18,22)(H,19,23). The lowest BCUT2D eigenvalue weighted by Crippen LogP contribution is -2.37. The molecule has 1 aromatic rings. The highest BCUT2D eigenvalue weighted by molar-refractivity contribution is 5.79. The van der Waals surface area contributed by atoms with Crippen LogP contribution in [0.3, 0.4) is 0 Å². The average Bonchev–Trinajstić information content (AvgIpc) is 2.70. The zero-order valence-electron chi connectivity index (χ0n) is 15.2. The van der Waals surface area contributed by atoms with Gasteiger partial charge in [-0.3, -0.25) is 14.3 Å². The van der Waals surface area contributed by atoms with Gasteiger partial charge >= 0.3 is 0 Å². The lowest BCUT2D eigenvalue weighted by Gasteiger charge is -2.09. The fourth-order valence-corrected chi connectivity index (χ4v) is 2.33. The number of hydrogen-bond donors (Lipinski definition) is 2. The topological polar surface area (TPSA) is 76.0 Å². The Morgan fingerprint density at radius 3 is 2.26 bits per heavy atom. The van der Waals surface area contributed by atoms with E-state index in [0.717, 1.165) is 23.5 Å². The first-order chi connectivity index (χ1) is 10.7. The zero-order chi connectivity index (χ0) is 17.6. The molecule has 0 aliphatic heterocycles. The largest absolute Gasteiger partial charge is 0.354 e. The fourth-order valence-electron chi connectivity index (χ4n) is 2.33. The van der Waals surface area contributed by atoms with Crippen molar-refractivity contribution in [1.29, 1.82) is 0 Å². The molecule has 2 N–H and O–H groups in total. The molecule has 0 unspecified atom stereocenters. The SMILES string of the molecule is Cc1nn(CC(C)C)c(C)c1CC(=O)NCCNC(=O)C(C)C. The molecule has 1 rings (SSSR count). The summed E-state index contributed by atoms with van der Waals surface area (Å²) in [6.45, 7) is 13.7. The Morgan fingerprint density at radius 2 is 1.70 bits per heavy atom. The summed E-state index contributed by atoms with van der Waals surface area (Å²) in [7, 11) is 0. The molecule has 1 heterocycles. The summed E-state index contributed by atoms with van der Waals surface area (Å²) in [5, 5.41) is 10.1. The molecule has 23 heavy (non-hydrogen) atoms. The summed E-state index contributed by atoms with van der Waals surface area (Å²) in [6.07, 6.45) is 0.327. The molecule has 2 amide bonds. The van der Waals surface area contributed by atoms with E-state index >= 15 is 0 Å². The van der Waals surface area contributed by atoms with Crippen LogP contribution >= 0.6 is 0 Å². The van der Waals surface area contributed by atoms with E-state index in [9.17, 15) is 9.59 Å². The first-order valence-electron chi connectivity index (χ1n) is 8.29. The third-order valence-electron chi connectivity index (χ3n) is 3.68. The molecule has 6 nitrogen and oxygen atoms in total. The second kappa shape index (κ2) is 8.70. The molecule has 0 spiro atoms. The molecule has 0 aliphatic carbocycles. The highest BCUT2D eigenvalue weighted by Gasteiger charge is 2.15. The maximum Gasteiger partial charge on any atom is 0.224 e. The van der Waals surface area contributed by atoms with E-state index in [0.29, 0.717) is 25.4 Å². The van der Waals surface area contributed by atoms with Crippen molar-refractivity contribution in [3.05, 3.63) is 17.0 Å². The Morgan fingerprint density at radius 1 is 1.09 bits per heavy atom. The smallest absolute Gasteiger partial charge is 0.224 e. The summed E-state index contributed by atoms with van der Waals surface area (Å²) < 4.78 is 1.98. The average molecular weight is 322 g/mol. The van der Waals surface area contributed by atoms with Crippen molar-refractivity contribution in [3.63, 3.8) is 0 Å². The molecule has 0 fully saturated rings. The third-order valence-corrected chi connectivity index (χ3v) is 3.68. The number of hydrogen-bond acceptors (Lipinski definition) is 3. The normalized spacial score (nSPS) is 11.1. The molecule has 0 saturated carbocycles. The highest BCUT2D eigenvalue weighted by atomic mass is 16.2. The van der Waals surface area contributed by atoms with Gasteiger partial charge in [-0.25, -0.2) is 0 Å². The lowest BCUT2D eigenvalue weighted by molar-refractivity contribution is -0.124. The van der Waals surface area contributed by atoms with Crippen LogP contribution in [0.4, 0.5) is 0 Å². The summed E-state index contributed by atoms with van der Waals surface area (Å²) in [6, 6.07) is 0. The van der Waals surface area contributed by atoms with Gasteiger partial charge in [-0.15, -0.1) is 0 Å². The maximum absolute atomic E-state index is 12.1. The van der Waals surface area contributed by atoms with Crippen LogP contribution < -0.4 is 10.6 Å². The summed E-state index contributed by atoms with van der Waals surface area (Å²) in [5.41, 5.74) is 2.96. The van der Waals surface area contributed by atoms with Crippen LogP contribution in [0.2, 0.25) is 0 Å². The van der Waals surface area contributed by atoms with Crippen LogP contribution in [0.15, 0.2) is 0 Å². The first kappa shape index (κ1) is 19.2. The van der Waals surface area contributed by atoms with Crippen molar-refractivity contribution < 1.29 is 9.59 Å². The molecule has 0 saturated heterocycles. The van der Waals surface area contributed by atoms with Crippen LogP contribution in [0.1, 0.15) is 44.6 Å². The molecule has 6 heteroatoms. The minimum absolute atomic E-state index is 0.000833. The van der Waals surface area contributed by atoms with E-state index in [1.165, 1.54) is 0 Å². The van der Waals surface area contributed by atoms with Gasteiger partial charge in [0, 0.05) is 36.8 Å². The zero-order valence-corrected chi connectivity index (χ0v) is 15.2. The van der Waals surface area contributed by atoms with Gasteiger partial charge in [0.05, 0.1) is 12.1 Å². The van der Waals surface area contributed by atoms with Gasteiger partial charge in [-0.05, 0) is 19.8 Å². The van der Waals surface area contributed by atoms with Crippen LogP contribution in [0.25, 0.3) is 0 Å². The number of carbonyl (C=O) groups excluding carboxylic acids is 2. The monoisotopic (exact) mass is 322 g/mol. The number of nitrogens with one attached hydrogen (secondary N) is 2. The number of aryl methyl sites for hydroxylation is 1. The van der Waals surface area contributed by atoms with Gasteiger partial charge in [-0.2, -0.15) is 5.10 Å². The molecule has 1 aromatic heterocycles. The van der Waals surface area contributed by atoms with E-state index < -0.39 is 0 Å². The van der Waals surface area contributed by atoms with Crippen molar-refractivity contribution in [3.8, 4) is 0 Å². The van der Waals surface area contributed by atoms with Crippen molar-refractivity contribution in [2.24, 2.45) is 11.8 Å². The maximum atomic E-state index is 12.1. The Hall–Kier alpha value is -1.85. The third kappa shape index (κ3) is 6.04. The second-order valence-electron chi connectivity index (χ2n) is 6.70. The fraction of sp³-hybridized carbons (Fsp3) is 0.706. The van der Waals surface area contributed by atoms with Crippen LogP contribution in [-0.4, -0.2) is 34.7 Å². The number of carbonyl (C=O) groups is 2. The number of nitrogens with zero attached hydrogens (tertiary/aromatic N) is 2. The van der Waals surface area contributed by atoms with Gasteiger partial charge in [0.25, 0.3) is 0 Å². The minimum Gasteiger partial charge on any atom is -0.354 e. The second-order valence-corrected chi connectivity index (χ2v) is 6.70. The van der Waals surface area contributed by atoms with E-state index in [-0.39, 0.29) is 17.7 Å². The number of rotatable bonds is 8. The van der Waals surface area contributed by atoms with Crippen molar-refractivity contribution in [1.82, 2.24) is 20.4 Å². The highest BCUT2D eigenvalue weighted by Crippen LogP contribution is 2.15. The molecule has 130 valence electrons. The van der Waals surface area contributed by atoms with E-state index in [1.54, 1.807) is 0 Å². The lowest BCUT2D eigenvalue weighted by atomic mass is 10.1. The first-order valence-corrected chi connectivity index (χ1v) is 8.29. The van der Waals surface area contributed by atoms with Crippen molar-refractivity contribution >= 4 is 11.8 Å². The van der Waals surface area contributed by atoms with Crippen molar-refractivity contribution in [2.75, 3.05) is 13.1 Å². The molecular weight excluding hydrogens is 292 g/mol. The Kier molecular flexibility index (Phi) is 7.26. The van der Waals surface area contributed by atoms with Crippen LogP contribution in [0, 0.1) is 25.7 Å². The van der Waals surface area contributed by atoms with E-state index in [2.05, 4.69) is 29.6 Å².